The van der Waals surface area contributed by atoms with Crippen LogP contribution in [0.3, 0.4) is 0 Å². The van der Waals surface area contributed by atoms with Crippen LogP contribution in [-0.4, -0.2) is 47.7 Å². The van der Waals surface area contributed by atoms with E-state index in [4.69, 9.17) is 4.74 Å². The summed E-state index contributed by atoms with van der Waals surface area (Å²) in [7, 11) is 1.45. The standard InChI is InChI=1S/C19H14F5N7O4/c1-31-15-9(5-11(28-29-15)10-6-26-18(33)27-16(10)32)17(30-31)35-13(14(20)21)12-4-8(2-3-25-12)7-34-19(22,23)24/h2-6,13-14H,7H2,1H3,(H2,26,27,32,33)/t13-/m0/s1. The number of nitrogens with one attached hydrogen (secondary N) is 2. The van der Waals surface area contributed by atoms with E-state index in [9.17, 15) is 31.5 Å². The molecule has 0 aliphatic carbocycles. The molecule has 0 amide bonds. The van der Waals surface area contributed by atoms with Gasteiger partial charge in [-0.2, -0.15) is 0 Å². The van der Waals surface area contributed by atoms with Crippen molar-refractivity contribution in [1.82, 2.24) is 34.9 Å². The van der Waals surface area contributed by atoms with Crippen molar-refractivity contribution in [2.24, 2.45) is 7.05 Å². The molecule has 0 spiro atoms. The zero-order chi connectivity index (χ0) is 25.3. The summed E-state index contributed by atoms with van der Waals surface area (Å²) >= 11 is 0. The van der Waals surface area contributed by atoms with Gasteiger partial charge in [0.15, 0.2) is 5.65 Å². The average Bonchev–Trinajstić information content (AvgIpc) is 3.10. The molecular formula is C19H14F5N7O4. The summed E-state index contributed by atoms with van der Waals surface area (Å²) in [4.78, 5) is 31.4. The highest BCUT2D eigenvalue weighted by Gasteiger charge is 2.31. The number of hydrogen-bond acceptors (Lipinski definition) is 8. The maximum atomic E-state index is 13.9. The summed E-state index contributed by atoms with van der Waals surface area (Å²) in [5.74, 6) is -0.316. The lowest BCUT2D eigenvalue weighted by Gasteiger charge is -2.17. The Balaban J connectivity index is 1.70. The maximum absolute atomic E-state index is 13.9. The van der Waals surface area contributed by atoms with Gasteiger partial charge in [0, 0.05) is 19.4 Å². The lowest BCUT2D eigenvalue weighted by Crippen LogP contribution is -2.22. The quantitative estimate of drug-likeness (QED) is 0.369. The smallest absolute Gasteiger partial charge is 0.460 e. The molecule has 0 aliphatic rings. The number of halogens is 5. The number of aromatic nitrogens is 7. The number of ether oxygens (including phenoxy) is 2. The van der Waals surface area contributed by atoms with Crippen molar-refractivity contribution in [2.45, 2.75) is 25.5 Å². The normalized spacial score (nSPS) is 12.9. The van der Waals surface area contributed by atoms with Crippen LogP contribution in [0.1, 0.15) is 17.4 Å². The zero-order valence-electron chi connectivity index (χ0n) is 17.5. The Morgan fingerprint density at radius 2 is 1.94 bits per heavy atom. The minimum atomic E-state index is -4.90. The highest BCUT2D eigenvalue weighted by atomic mass is 19.4. The van der Waals surface area contributed by atoms with E-state index < -0.39 is 36.7 Å². The first-order valence-corrected chi connectivity index (χ1v) is 9.65. The summed E-state index contributed by atoms with van der Waals surface area (Å²) in [6.45, 7) is -0.909. The van der Waals surface area contributed by atoms with Crippen LogP contribution in [0.15, 0.2) is 40.2 Å². The number of fused-ring (bicyclic) bond motifs is 1. The lowest BCUT2D eigenvalue weighted by atomic mass is 10.1. The lowest BCUT2D eigenvalue weighted by molar-refractivity contribution is -0.330. The highest BCUT2D eigenvalue weighted by Crippen LogP contribution is 2.32. The number of nitrogens with zero attached hydrogens (tertiary/aromatic N) is 5. The molecule has 0 radical (unpaired) electrons. The molecule has 4 aromatic heterocycles. The maximum Gasteiger partial charge on any atom is 0.522 e. The van der Waals surface area contributed by atoms with Crippen LogP contribution in [0.5, 0.6) is 5.88 Å². The molecule has 4 heterocycles. The van der Waals surface area contributed by atoms with Gasteiger partial charge >= 0.3 is 12.1 Å². The number of alkyl halides is 5. The van der Waals surface area contributed by atoms with Crippen LogP contribution in [0.4, 0.5) is 22.0 Å². The van der Waals surface area contributed by atoms with Gasteiger partial charge in [0.1, 0.15) is 5.69 Å². The van der Waals surface area contributed by atoms with E-state index in [0.717, 1.165) is 18.5 Å². The van der Waals surface area contributed by atoms with Crippen molar-refractivity contribution in [1.29, 1.82) is 0 Å². The van der Waals surface area contributed by atoms with E-state index in [1.54, 1.807) is 0 Å². The summed E-state index contributed by atoms with van der Waals surface area (Å²) < 4.78 is 75.1. The molecule has 0 saturated carbocycles. The molecule has 0 fully saturated rings. The fraction of sp³-hybridized carbons (Fsp3) is 0.263. The van der Waals surface area contributed by atoms with Gasteiger partial charge in [-0.15, -0.1) is 28.5 Å². The fourth-order valence-corrected chi connectivity index (χ4v) is 3.10. The van der Waals surface area contributed by atoms with Crippen molar-refractivity contribution < 1.29 is 31.4 Å². The Morgan fingerprint density at radius 3 is 2.63 bits per heavy atom. The van der Waals surface area contributed by atoms with Crippen LogP contribution in [0.2, 0.25) is 0 Å². The molecule has 16 heteroatoms. The van der Waals surface area contributed by atoms with Crippen molar-refractivity contribution in [3.8, 4) is 17.1 Å². The molecule has 2 N–H and O–H groups in total. The number of aryl methyl sites for hydroxylation is 1. The third-order valence-corrected chi connectivity index (χ3v) is 4.65. The van der Waals surface area contributed by atoms with Crippen molar-refractivity contribution in [2.75, 3.05) is 0 Å². The number of rotatable bonds is 7. The summed E-state index contributed by atoms with van der Waals surface area (Å²) in [6, 6.07) is 3.48. The molecule has 35 heavy (non-hydrogen) atoms. The molecule has 0 unspecified atom stereocenters. The second-order valence-electron chi connectivity index (χ2n) is 7.08. The third kappa shape index (κ3) is 5.32. The van der Waals surface area contributed by atoms with Gasteiger partial charge < -0.3 is 9.72 Å². The SMILES string of the molecule is Cn1nc(O[C@@H](c2cc(COC(F)(F)F)ccn2)C(F)F)c2cc(-c3c[nH]c(=O)[nH]c3=O)nnc21. The van der Waals surface area contributed by atoms with Crippen LogP contribution in [0.25, 0.3) is 22.3 Å². The molecule has 184 valence electrons. The minimum absolute atomic E-state index is 0.00845. The highest BCUT2D eigenvalue weighted by molar-refractivity contribution is 5.84. The molecular weight excluding hydrogens is 485 g/mol. The fourth-order valence-electron chi connectivity index (χ4n) is 3.10. The number of hydrogen-bond donors (Lipinski definition) is 2. The molecule has 0 bridgehead atoms. The molecule has 4 aromatic rings. The van der Waals surface area contributed by atoms with E-state index in [1.165, 1.54) is 23.9 Å². The Hall–Kier alpha value is -4.21. The largest absolute Gasteiger partial charge is 0.522 e. The van der Waals surface area contributed by atoms with Gasteiger partial charge in [-0.05, 0) is 23.8 Å². The van der Waals surface area contributed by atoms with Crippen LogP contribution >= 0.6 is 0 Å². The Labute approximate surface area is 190 Å². The minimum Gasteiger partial charge on any atom is -0.460 e. The van der Waals surface area contributed by atoms with Gasteiger partial charge in [0.05, 0.1) is 23.3 Å². The molecule has 0 aliphatic heterocycles. The predicted octanol–water partition coefficient (Wildman–Crippen LogP) is 2.22. The summed E-state index contributed by atoms with van der Waals surface area (Å²) in [6.07, 6.45) is -7.90. The van der Waals surface area contributed by atoms with Gasteiger partial charge in [0.2, 0.25) is 12.0 Å². The second-order valence-corrected chi connectivity index (χ2v) is 7.08. The zero-order valence-corrected chi connectivity index (χ0v) is 17.5. The predicted molar refractivity (Wildman–Crippen MR) is 107 cm³/mol. The van der Waals surface area contributed by atoms with Crippen molar-refractivity contribution in [3.63, 3.8) is 0 Å². The Kier molecular flexibility index (Phi) is 6.29. The topological polar surface area (TPSA) is 141 Å². The van der Waals surface area contributed by atoms with Crippen molar-refractivity contribution in [3.05, 3.63) is 62.7 Å². The second kappa shape index (κ2) is 9.21. The van der Waals surface area contributed by atoms with E-state index >= 15 is 0 Å². The van der Waals surface area contributed by atoms with E-state index in [2.05, 4.69) is 30.0 Å². The average molecular weight is 499 g/mol. The van der Waals surface area contributed by atoms with Crippen LogP contribution in [0, 0.1) is 0 Å². The van der Waals surface area contributed by atoms with Crippen LogP contribution < -0.4 is 16.0 Å². The molecule has 1 atom stereocenters. The van der Waals surface area contributed by atoms with E-state index in [-0.39, 0.29) is 39.4 Å². The van der Waals surface area contributed by atoms with Gasteiger partial charge in [0.25, 0.3) is 12.0 Å². The molecule has 4 rings (SSSR count). The van der Waals surface area contributed by atoms with Gasteiger partial charge in [-0.1, -0.05) is 0 Å². The number of pyridine rings is 1. The third-order valence-electron chi connectivity index (χ3n) is 4.65. The van der Waals surface area contributed by atoms with Gasteiger partial charge in [-0.3, -0.25) is 19.5 Å². The summed E-state index contributed by atoms with van der Waals surface area (Å²) in [5, 5.41) is 11.9. The Morgan fingerprint density at radius 1 is 1.17 bits per heavy atom. The van der Waals surface area contributed by atoms with E-state index in [0.29, 0.717) is 0 Å². The number of aromatic amines is 2. The molecule has 0 saturated heterocycles. The van der Waals surface area contributed by atoms with Gasteiger partial charge in [-0.25, -0.2) is 18.3 Å². The molecule has 11 nitrogen and oxygen atoms in total. The first-order chi connectivity index (χ1) is 16.5. The first kappa shape index (κ1) is 23.9. The molecule has 0 aromatic carbocycles. The number of H-pyrrole nitrogens is 2. The first-order valence-electron chi connectivity index (χ1n) is 9.65. The van der Waals surface area contributed by atoms with Crippen LogP contribution in [-0.2, 0) is 18.4 Å². The summed E-state index contributed by atoms with van der Waals surface area (Å²) in [5.41, 5.74) is -1.86. The van der Waals surface area contributed by atoms with E-state index in [1.807, 2.05) is 4.98 Å². The Bertz CT molecular complexity index is 1480. The monoisotopic (exact) mass is 499 g/mol. The van der Waals surface area contributed by atoms with Crippen molar-refractivity contribution >= 4 is 11.0 Å².